The van der Waals surface area contributed by atoms with E-state index in [1.165, 1.54) is 16.7 Å². The summed E-state index contributed by atoms with van der Waals surface area (Å²) in [6, 6.07) is 18.2. The Labute approximate surface area is 190 Å². The van der Waals surface area contributed by atoms with Crippen molar-refractivity contribution in [3.05, 3.63) is 82.8 Å². The van der Waals surface area contributed by atoms with E-state index < -0.39 is 0 Å². The third-order valence-corrected chi connectivity index (χ3v) is 5.91. The molecule has 0 atom stereocenters. The van der Waals surface area contributed by atoms with E-state index in [1.54, 1.807) is 0 Å². The number of nitrogens with zero attached hydrogens (tertiary/aromatic N) is 4. The monoisotopic (exact) mass is 429 g/mol. The van der Waals surface area contributed by atoms with E-state index in [0.717, 1.165) is 49.0 Å². The van der Waals surface area contributed by atoms with Gasteiger partial charge >= 0.3 is 6.03 Å². The smallest absolute Gasteiger partial charge is 0.321 e. The van der Waals surface area contributed by atoms with Crippen molar-refractivity contribution in [3.8, 4) is 0 Å². The minimum atomic E-state index is -0.0520. The molecule has 32 heavy (non-hydrogen) atoms. The Bertz CT molecular complexity index is 1060. The molecule has 2 amide bonds. The van der Waals surface area contributed by atoms with Crippen LogP contribution in [0.2, 0.25) is 0 Å². The van der Waals surface area contributed by atoms with Crippen LogP contribution in [0.25, 0.3) is 0 Å². The van der Waals surface area contributed by atoms with E-state index in [0.29, 0.717) is 13.1 Å². The summed E-state index contributed by atoms with van der Waals surface area (Å²) in [5.74, 6) is 1.81. The van der Waals surface area contributed by atoms with Crippen molar-refractivity contribution in [2.45, 2.75) is 33.6 Å². The fraction of sp³-hybridized carbons (Fsp3) is 0.346. The molecular weight excluding hydrogens is 398 g/mol. The highest BCUT2D eigenvalue weighted by Gasteiger charge is 2.25. The van der Waals surface area contributed by atoms with E-state index >= 15 is 0 Å². The number of rotatable bonds is 5. The fourth-order valence-electron chi connectivity index (χ4n) is 4.13. The molecule has 0 saturated carbocycles. The minimum absolute atomic E-state index is 0.0520. The lowest BCUT2D eigenvalue weighted by Crippen LogP contribution is -2.50. The van der Waals surface area contributed by atoms with E-state index in [1.807, 2.05) is 42.2 Å². The predicted molar refractivity (Wildman–Crippen MR) is 129 cm³/mol. The number of aryl methyl sites for hydroxylation is 3. The molecule has 2 aromatic carbocycles. The Morgan fingerprint density at radius 2 is 1.62 bits per heavy atom. The highest BCUT2D eigenvalue weighted by Crippen LogP contribution is 2.26. The van der Waals surface area contributed by atoms with Gasteiger partial charge in [0.2, 0.25) is 0 Å². The molecule has 1 saturated heterocycles. The van der Waals surface area contributed by atoms with Gasteiger partial charge in [-0.1, -0.05) is 55.0 Å². The summed E-state index contributed by atoms with van der Waals surface area (Å²) in [5.41, 5.74) is 5.65. The van der Waals surface area contributed by atoms with Crippen molar-refractivity contribution < 1.29 is 4.79 Å². The second-order valence-corrected chi connectivity index (χ2v) is 8.31. The predicted octanol–water partition coefficient (Wildman–Crippen LogP) is 4.60. The number of nitrogens with one attached hydrogen (secondary N) is 1. The summed E-state index contributed by atoms with van der Waals surface area (Å²) in [6.45, 7) is 9.04. The van der Waals surface area contributed by atoms with E-state index in [-0.39, 0.29) is 6.03 Å². The van der Waals surface area contributed by atoms with Crippen LogP contribution in [0.15, 0.2) is 54.6 Å². The van der Waals surface area contributed by atoms with Gasteiger partial charge in [-0.3, -0.25) is 0 Å². The van der Waals surface area contributed by atoms with Crippen LogP contribution in [-0.2, 0) is 12.8 Å². The van der Waals surface area contributed by atoms with Gasteiger partial charge in [0.1, 0.15) is 11.6 Å². The van der Waals surface area contributed by atoms with Gasteiger partial charge in [-0.2, -0.15) is 0 Å². The average Bonchev–Trinajstić information content (AvgIpc) is 2.82. The Kier molecular flexibility index (Phi) is 6.69. The molecule has 0 radical (unpaired) electrons. The first-order valence-electron chi connectivity index (χ1n) is 11.3. The Morgan fingerprint density at radius 3 is 2.28 bits per heavy atom. The number of hydrogen-bond donors (Lipinski definition) is 1. The second-order valence-electron chi connectivity index (χ2n) is 8.31. The maximum Gasteiger partial charge on any atom is 0.321 e. The van der Waals surface area contributed by atoms with Crippen molar-refractivity contribution in [1.82, 2.24) is 14.9 Å². The second kappa shape index (κ2) is 9.81. The molecule has 0 bridgehead atoms. The Balaban J connectivity index is 1.50. The summed E-state index contributed by atoms with van der Waals surface area (Å²) >= 11 is 0. The van der Waals surface area contributed by atoms with Crippen molar-refractivity contribution in [2.24, 2.45) is 0 Å². The van der Waals surface area contributed by atoms with E-state index in [2.05, 4.69) is 48.3 Å². The van der Waals surface area contributed by atoms with Crippen molar-refractivity contribution >= 4 is 17.5 Å². The van der Waals surface area contributed by atoms with Crippen molar-refractivity contribution in [3.63, 3.8) is 0 Å². The van der Waals surface area contributed by atoms with Crippen LogP contribution in [0.1, 0.15) is 35.1 Å². The largest absolute Gasteiger partial charge is 0.353 e. The Hall–Kier alpha value is -3.41. The molecule has 1 aromatic heterocycles. The van der Waals surface area contributed by atoms with Gasteiger partial charge in [-0.05, 0) is 38.0 Å². The van der Waals surface area contributed by atoms with E-state index in [9.17, 15) is 4.79 Å². The van der Waals surface area contributed by atoms with Crippen LogP contribution in [0.4, 0.5) is 16.3 Å². The third-order valence-electron chi connectivity index (χ3n) is 5.91. The molecule has 2 heterocycles. The van der Waals surface area contributed by atoms with Crippen LogP contribution in [0, 0.1) is 13.8 Å². The molecule has 0 unspecified atom stereocenters. The lowest BCUT2D eigenvalue weighted by molar-refractivity contribution is 0.208. The minimum Gasteiger partial charge on any atom is -0.353 e. The maximum absolute atomic E-state index is 12.7. The number of amides is 2. The number of benzene rings is 2. The number of aromatic nitrogens is 2. The fourth-order valence-corrected chi connectivity index (χ4v) is 4.13. The first-order chi connectivity index (χ1) is 15.5. The molecular formula is C26H31N5O. The summed E-state index contributed by atoms with van der Waals surface area (Å²) in [7, 11) is 0. The molecule has 0 aliphatic carbocycles. The van der Waals surface area contributed by atoms with Gasteiger partial charge in [-0.15, -0.1) is 0 Å². The molecule has 1 fully saturated rings. The molecule has 3 aromatic rings. The topological polar surface area (TPSA) is 61.4 Å². The molecule has 4 rings (SSSR count). The Morgan fingerprint density at radius 1 is 0.938 bits per heavy atom. The normalized spacial score (nSPS) is 13.8. The van der Waals surface area contributed by atoms with Gasteiger partial charge in [0.05, 0.1) is 0 Å². The van der Waals surface area contributed by atoms with Crippen LogP contribution < -0.4 is 10.2 Å². The molecule has 6 heteroatoms. The van der Waals surface area contributed by atoms with Crippen LogP contribution >= 0.6 is 0 Å². The number of carbonyl (C=O) groups is 1. The van der Waals surface area contributed by atoms with Gasteiger partial charge in [-0.25, -0.2) is 14.8 Å². The highest BCUT2D eigenvalue weighted by molar-refractivity contribution is 5.89. The number of para-hydroxylation sites is 1. The number of anilines is 2. The first kappa shape index (κ1) is 21.8. The SMILES string of the molecule is CCc1nc(C)nc(N2CCN(C(=O)Nc3ccccc3)CC2)c1Cc1ccc(C)cc1. The first-order valence-corrected chi connectivity index (χ1v) is 11.3. The molecule has 1 N–H and O–H groups in total. The van der Waals surface area contributed by atoms with Gasteiger partial charge < -0.3 is 15.1 Å². The van der Waals surface area contributed by atoms with Crippen molar-refractivity contribution in [2.75, 3.05) is 36.4 Å². The van der Waals surface area contributed by atoms with Crippen LogP contribution in [-0.4, -0.2) is 47.1 Å². The van der Waals surface area contributed by atoms with Crippen molar-refractivity contribution in [1.29, 1.82) is 0 Å². The number of carbonyl (C=O) groups excluding carboxylic acids is 1. The third kappa shape index (κ3) is 5.07. The van der Waals surface area contributed by atoms with Gasteiger partial charge in [0.15, 0.2) is 0 Å². The highest BCUT2D eigenvalue weighted by atomic mass is 16.2. The summed E-state index contributed by atoms with van der Waals surface area (Å²) in [6.07, 6.45) is 1.69. The summed E-state index contributed by atoms with van der Waals surface area (Å²) < 4.78 is 0. The number of urea groups is 1. The zero-order chi connectivity index (χ0) is 22.5. The maximum atomic E-state index is 12.7. The summed E-state index contributed by atoms with van der Waals surface area (Å²) in [5, 5.41) is 2.99. The zero-order valence-corrected chi connectivity index (χ0v) is 19.1. The summed E-state index contributed by atoms with van der Waals surface area (Å²) in [4.78, 5) is 26.4. The quantitative estimate of drug-likeness (QED) is 0.644. The molecule has 0 spiro atoms. The standard InChI is InChI=1S/C26H31N5O/c1-4-24-23(18-21-12-10-19(2)11-13-21)25(28-20(3)27-24)30-14-16-31(17-15-30)26(32)29-22-8-6-5-7-9-22/h5-13H,4,14-18H2,1-3H3,(H,29,32). The number of piperazine rings is 1. The van der Waals surface area contributed by atoms with Gasteiger partial charge in [0.25, 0.3) is 0 Å². The lowest BCUT2D eigenvalue weighted by atomic mass is 10.0. The molecule has 166 valence electrons. The van der Waals surface area contributed by atoms with Crippen LogP contribution in [0.3, 0.4) is 0 Å². The van der Waals surface area contributed by atoms with E-state index in [4.69, 9.17) is 9.97 Å². The lowest BCUT2D eigenvalue weighted by Gasteiger charge is -2.36. The van der Waals surface area contributed by atoms with Gasteiger partial charge in [0, 0.05) is 49.5 Å². The zero-order valence-electron chi connectivity index (χ0n) is 19.1. The number of hydrogen-bond acceptors (Lipinski definition) is 4. The molecule has 1 aliphatic heterocycles. The average molecular weight is 430 g/mol. The van der Waals surface area contributed by atoms with Crippen LogP contribution in [0.5, 0.6) is 0 Å². The molecule has 6 nitrogen and oxygen atoms in total. The molecule has 1 aliphatic rings.